The van der Waals surface area contributed by atoms with Crippen LogP contribution < -0.4 is 10.6 Å². The third-order valence-corrected chi connectivity index (χ3v) is 4.30. The van der Waals surface area contributed by atoms with E-state index in [2.05, 4.69) is 15.6 Å². The van der Waals surface area contributed by atoms with Crippen LogP contribution in [0.25, 0.3) is 22.0 Å². The Morgan fingerprint density at radius 1 is 1.10 bits per heavy atom. The summed E-state index contributed by atoms with van der Waals surface area (Å²) in [7, 11) is 1.30. The van der Waals surface area contributed by atoms with Crippen molar-refractivity contribution in [2.24, 2.45) is 0 Å². The smallest absolute Gasteiger partial charge is 0.375 e. The molecule has 5 nitrogen and oxygen atoms in total. The average Bonchev–Trinajstić information content (AvgIpc) is 2.71. The fraction of sp³-hybridized carbons (Fsp3) is 0.0952. The van der Waals surface area contributed by atoms with Crippen LogP contribution in [-0.2, 0) is 0 Å². The van der Waals surface area contributed by atoms with E-state index in [0.29, 0.717) is 22.5 Å². The summed E-state index contributed by atoms with van der Waals surface area (Å²) in [6, 6.07) is 9.18. The van der Waals surface area contributed by atoms with Gasteiger partial charge in [0.05, 0.1) is 5.52 Å². The Hall–Kier alpha value is -3.82. The van der Waals surface area contributed by atoms with Crippen LogP contribution >= 0.6 is 0 Å². The predicted molar refractivity (Wildman–Crippen MR) is 105 cm³/mol. The lowest BCUT2D eigenvalue weighted by Crippen LogP contribution is -2.32. The summed E-state index contributed by atoms with van der Waals surface area (Å²) in [6.07, 6.45) is -3.02. The lowest BCUT2D eigenvalue weighted by Gasteiger charge is -2.11. The molecule has 0 aliphatic heterocycles. The number of pyridine rings is 1. The number of fused-ring (bicyclic) bond motifs is 1. The van der Waals surface area contributed by atoms with Crippen molar-refractivity contribution in [2.45, 2.75) is 6.18 Å². The third-order valence-electron chi connectivity index (χ3n) is 4.30. The second-order valence-corrected chi connectivity index (χ2v) is 6.43. The standard InChI is InChI=1S/C21H15F5N4O/c1-28-19(9-18(27)21(24,25)26)30-20(31)12-3-2-11-6-13(10-29-17(11)7-12)15-5-4-14(22)8-16(15)23/h2-10,27-28H,1H3,(H,30,31)/b19-9+,27-18?. The molecular weight excluding hydrogens is 419 g/mol. The number of allylic oxidation sites excluding steroid dienone is 1. The van der Waals surface area contributed by atoms with Gasteiger partial charge in [0.15, 0.2) is 0 Å². The number of nitrogens with one attached hydrogen (secondary N) is 3. The fourth-order valence-corrected chi connectivity index (χ4v) is 2.72. The van der Waals surface area contributed by atoms with E-state index in [1.165, 1.54) is 31.4 Å². The number of hydrogen-bond acceptors (Lipinski definition) is 4. The predicted octanol–water partition coefficient (Wildman–Crippen LogP) is 4.55. The number of alkyl halides is 3. The first-order valence-electron chi connectivity index (χ1n) is 8.80. The first-order chi connectivity index (χ1) is 14.6. The van der Waals surface area contributed by atoms with Crippen molar-refractivity contribution in [1.82, 2.24) is 15.6 Å². The molecule has 0 radical (unpaired) electrons. The molecule has 0 fully saturated rings. The molecule has 3 N–H and O–H groups in total. The molecule has 0 atom stereocenters. The molecule has 1 amide bonds. The van der Waals surface area contributed by atoms with Gasteiger partial charge in [0.2, 0.25) is 0 Å². The number of carbonyl (C=O) groups is 1. The molecule has 10 heteroatoms. The van der Waals surface area contributed by atoms with Gasteiger partial charge in [0.1, 0.15) is 23.2 Å². The van der Waals surface area contributed by atoms with Gasteiger partial charge in [-0.15, -0.1) is 0 Å². The summed E-state index contributed by atoms with van der Waals surface area (Å²) in [5.41, 5.74) is -0.558. The van der Waals surface area contributed by atoms with Crippen molar-refractivity contribution in [1.29, 1.82) is 5.41 Å². The summed E-state index contributed by atoms with van der Waals surface area (Å²) in [5, 5.41) is 12.2. The van der Waals surface area contributed by atoms with Crippen LogP contribution in [0, 0.1) is 17.0 Å². The highest BCUT2D eigenvalue weighted by Gasteiger charge is 2.33. The normalized spacial score (nSPS) is 12.0. The minimum atomic E-state index is -4.85. The van der Waals surface area contributed by atoms with Crippen LogP contribution in [0.4, 0.5) is 22.0 Å². The Kier molecular flexibility index (Phi) is 6.00. The van der Waals surface area contributed by atoms with Crippen LogP contribution in [0.15, 0.2) is 60.6 Å². The summed E-state index contributed by atoms with van der Waals surface area (Å²) < 4.78 is 64.7. The fourth-order valence-electron chi connectivity index (χ4n) is 2.72. The van der Waals surface area contributed by atoms with Crippen LogP contribution in [0.2, 0.25) is 0 Å². The number of carbonyl (C=O) groups excluding carboxylic acids is 1. The molecule has 0 aliphatic carbocycles. The Balaban J connectivity index is 1.86. The zero-order valence-corrected chi connectivity index (χ0v) is 15.9. The second-order valence-electron chi connectivity index (χ2n) is 6.43. The Labute approximate surface area is 173 Å². The molecule has 31 heavy (non-hydrogen) atoms. The van der Waals surface area contributed by atoms with Gasteiger partial charge >= 0.3 is 6.18 Å². The number of amides is 1. The number of aromatic nitrogens is 1. The molecule has 1 heterocycles. The van der Waals surface area contributed by atoms with E-state index in [4.69, 9.17) is 5.41 Å². The summed E-state index contributed by atoms with van der Waals surface area (Å²) in [4.78, 5) is 16.6. The van der Waals surface area contributed by atoms with Gasteiger partial charge < -0.3 is 10.6 Å². The van der Waals surface area contributed by atoms with Crippen molar-refractivity contribution in [3.05, 3.63) is 77.8 Å². The van der Waals surface area contributed by atoms with Gasteiger partial charge in [-0.3, -0.25) is 15.2 Å². The maximum Gasteiger partial charge on any atom is 0.432 e. The number of rotatable bonds is 5. The molecule has 0 aliphatic rings. The summed E-state index contributed by atoms with van der Waals surface area (Å²) in [6.45, 7) is 0. The van der Waals surface area contributed by atoms with Crippen LogP contribution in [0.5, 0.6) is 0 Å². The van der Waals surface area contributed by atoms with E-state index < -0.39 is 29.4 Å². The first-order valence-corrected chi connectivity index (χ1v) is 8.80. The van der Waals surface area contributed by atoms with E-state index in [1.54, 1.807) is 12.1 Å². The Morgan fingerprint density at radius 3 is 2.48 bits per heavy atom. The molecule has 0 bridgehead atoms. The minimum Gasteiger partial charge on any atom is -0.375 e. The van der Waals surface area contributed by atoms with Crippen molar-refractivity contribution >= 4 is 22.5 Å². The van der Waals surface area contributed by atoms with Gasteiger partial charge in [-0.2, -0.15) is 13.2 Å². The molecule has 1 aromatic heterocycles. The molecule has 3 rings (SSSR count). The van der Waals surface area contributed by atoms with Gasteiger partial charge in [-0.05, 0) is 30.3 Å². The highest BCUT2D eigenvalue weighted by atomic mass is 19.4. The molecule has 2 aromatic carbocycles. The van der Waals surface area contributed by atoms with Crippen molar-refractivity contribution in [3.63, 3.8) is 0 Å². The largest absolute Gasteiger partial charge is 0.432 e. The second kappa shape index (κ2) is 8.50. The van der Waals surface area contributed by atoms with Crippen LogP contribution in [0.3, 0.4) is 0 Å². The van der Waals surface area contributed by atoms with E-state index in [0.717, 1.165) is 12.1 Å². The van der Waals surface area contributed by atoms with E-state index in [-0.39, 0.29) is 16.9 Å². The molecule has 0 saturated carbocycles. The third kappa shape index (κ3) is 5.03. The zero-order valence-electron chi connectivity index (χ0n) is 15.9. The topological polar surface area (TPSA) is 77.9 Å². The lowest BCUT2D eigenvalue weighted by atomic mass is 10.0. The van der Waals surface area contributed by atoms with E-state index in [9.17, 15) is 26.7 Å². The molecule has 0 unspecified atom stereocenters. The van der Waals surface area contributed by atoms with E-state index in [1.807, 2.05) is 0 Å². The van der Waals surface area contributed by atoms with Crippen molar-refractivity contribution in [2.75, 3.05) is 7.05 Å². The Bertz CT molecular complexity index is 1200. The zero-order chi connectivity index (χ0) is 22.8. The van der Waals surface area contributed by atoms with Crippen molar-refractivity contribution < 1.29 is 26.7 Å². The van der Waals surface area contributed by atoms with Gasteiger partial charge in [-0.1, -0.05) is 6.07 Å². The highest BCUT2D eigenvalue weighted by molar-refractivity contribution is 6.01. The molecular formula is C21H15F5N4O. The maximum absolute atomic E-state index is 14.0. The van der Waals surface area contributed by atoms with Gasteiger partial charge in [0, 0.05) is 47.5 Å². The molecule has 3 aromatic rings. The van der Waals surface area contributed by atoms with Crippen LogP contribution in [0.1, 0.15) is 10.4 Å². The van der Waals surface area contributed by atoms with Crippen molar-refractivity contribution in [3.8, 4) is 11.1 Å². The molecule has 0 spiro atoms. The maximum atomic E-state index is 14.0. The SMILES string of the molecule is CN/C(=C\C(=N)C(F)(F)F)NC(=O)c1ccc2cc(-c3ccc(F)cc3F)cnc2c1. The lowest BCUT2D eigenvalue weighted by molar-refractivity contribution is -0.0584. The van der Waals surface area contributed by atoms with Gasteiger partial charge in [-0.25, -0.2) is 8.78 Å². The van der Waals surface area contributed by atoms with Gasteiger partial charge in [0.25, 0.3) is 5.91 Å². The average molecular weight is 434 g/mol. The van der Waals surface area contributed by atoms with E-state index >= 15 is 0 Å². The number of hydrogen-bond donors (Lipinski definition) is 3. The first kappa shape index (κ1) is 21.9. The molecule has 0 saturated heterocycles. The minimum absolute atomic E-state index is 0.111. The number of nitrogens with zero attached hydrogens (tertiary/aromatic N) is 1. The quantitative estimate of drug-likeness (QED) is 0.407. The number of benzene rings is 2. The summed E-state index contributed by atoms with van der Waals surface area (Å²) >= 11 is 0. The monoisotopic (exact) mass is 434 g/mol. The molecule has 160 valence electrons. The van der Waals surface area contributed by atoms with Crippen LogP contribution in [-0.4, -0.2) is 29.8 Å². The summed E-state index contributed by atoms with van der Waals surface area (Å²) in [5.74, 6) is -2.46. The Morgan fingerprint density at radius 2 is 1.84 bits per heavy atom. The number of halogens is 5. The highest BCUT2D eigenvalue weighted by Crippen LogP contribution is 2.26.